The molecule has 0 aromatic heterocycles. The van der Waals surface area contributed by atoms with Gasteiger partial charge in [0.25, 0.3) is 0 Å². The molecule has 1 aliphatic rings. The summed E-state index contributed by atoms with van der Waals surface area (Å²) in [7, 11) is 0. The molecule has 0 aliphatic heterocycles. The lowest BCUT2D eigenvalue weighted by molar-refractivity contribution is 0.426. The van der Waals surface area contributed by atoms with Gasteiger partial charge in [-0.15, -0.1) is 0 Å². The molecule has 2 N–H and O–H groups in total. The Labute approximate surface area is 263 Å². The van der Waals surface area contributed by atoms with Crippen LogP contribution in [0.5, 0.6) is 11.5 Å². The molecule has 5 aromatic rings. The standard InChI is InChI=1S/C42H48O2/c1-40(2,3)38-34-19-13-10-16-30(34)24-31(39(38)44)26-41(4,5)35-23-27(22-29-15-9-11-17-32(29)35)25-42(6,7)37-33-18-12-8-14-28(33)20-21-36(37)43/h9-11,13,15-17,19-24,43-44H,8,12,14,18,25-26H2,1-7H3. The second-order valence-corrected chi connectivity index (χ2v) is 15.5. The molecule has 228 valence electrons. The summed E-state index contributed by atoms with van der Waals surface area (Å²) in [6.45, 7) is 15.8. The normalized spacial score (nSPS) is 14.2. The Bertz CT molecular complexity index is 1870. The second-order valence-electron chi connectivity index (χ2n) is 15.5. The summed E-state index contributed by atoms with van der Waals surface area (Å²) in [4.78, 5) is 0. The van der Waals surface area contributed by atoms with Crippen molar-refractivity contribution in [3.63, 3.8) is 0 Å². The average Bonchev–Trinajstić information content (AvgIpc) is 2.96. The predicted molar refractivity (Wildman–Crippen MR) is 186 cm³/mol. The number of benzene rings is 5. The first-order valence-electron chi connectivity index (χ1n) is 16.4. The van der Waals surface area contributed by atoms with Crippen LogP contribution in [0, 0.1) is 0 Å². The summed E-state index contributed by atoms with van der Waals surface area (Å²) in [5.41, 5.74) is 7.82. The number of hydrogen-bond donors (Lipinski definition) is 2. The summed E-state index contributed by atoms with van der Waals surface area (Å²) in [5, 5.41) is 27.7. The van der Waals surface area contributed by atoms with Crippen molar-refractivity contribution >= 4 is 21.5 Å². The van der Waals surface area contributed by atoms with E-state index >= 15 is 0 Å². The van der Waals surface area contributed by atoms with Gasteiger partial charge in [-0.1, -0.05) is 115 Å². The van der Waals surface area contributed by atoms with E-state index in [0.29, 0.717) is 11.5 Å². The molecule has 0 unspecified atom stereocenters. The molecule has 1 aliphatic carbocycles. The summed E-state index contributed by atoms with van der Waals surface area (Å²) in [6, 6.07) is 28.1. The minimum Gasteiger partial charge on any atom is -0.508 e. The van der Waals surface area contributed by atoms with Gasteiger partial charge in [0, 0.05) is 11.1 Å². The largest absolute Gasteiger partial charge is 0.508 e. The maximum absolute atomic E-state index is 11.8. The van der Waals surface area contributed by atoms with Gasteiger partial charge in [-0.05, 0) is 116 Å². The van der Waals surface area contributed by atoms with Gasteiger partial charge in [0.1, 0.15) is 11.5 Å². The first-order chi connectivity index (χ1) is 20.8. The lowest BCUT2D eigenvalue weighted by Gasteiger charge is -2.33. The summed E-state index contributed by atoms with van der Waals surface area (Å²) >= 11 is 0. The quantitative estimate of drug-likeness (QED) is 0.208. The third kappa shape index (κ3) is 5.49. The molecule has 0 amide bonds. The fraction of sp³-hybridized carbons (Fsp3) is 0.381. The summed E-state index contributed by atoms with van der Waals surface area (Å²) in [5.74, 6) is 0.855. The van der Waals surface area contributed by atoms with E-state index in [0.717, 1.165) is 47.8 Å². The fourth-order valence-electron chi connectivity index (χ4n) is 8.06. The summed E-state index contributed by atoms with van der Waals surface area (Å²) in [6.07, 6.45) is 6.11. The van der Waals surface area contributed by atoms with Gasteiger partial charge in [0.05, 0.1) is 0 Å². The number of phenols is 2. The minimum atomic E-state index is -0.247. The highest BCUT2D eigenvalue weighted by molar-refractivity contribution is 5.90. The molecule has 0 bridgehead atoms. The van der Waals surface area contributed by atoms with Gasteiger partial charge < -0.3 is 10.2 Å². The van der Waals surface area contributed by atoms with E-state index in [-0.39, 0.29) is 16.2 Å². The lowest BCUT2D eigenvalue weighted by atomic mass is 9.71. The van der Waals surface area contributed by atoms with Crippen molar-refractivity contribution in [2.45, 2.75) is 103 Å². The van der Waals surface area contributed by atoms with Gasteiger partial charge in [0.15, 0.2) is 0 Å². The van der Waals surface area contributed by atoms with Crippen molar-refractivity contribution in [2.75, 3.05) is 0 Å². The Hall–Kier alpha value is -3.78. The monoisotopic (exact) mass is 584 g/mol. The molecule has 0 saturated carbocycles. The third-order valence-corrected chi connectivity index (χ3v) is 9.97. The van der Waals surface area contributed by atoms with Crippen LogP contribution in [-0.2, 0) is 41.9 Å². The van der Waals surface area contributed by atoms with Crippen LogP contribution >= 0.6 is 0 Å². The minimum absolute atomic E-state index is 0.190. The number of aryl methyl sites for hydroxylation is 1. The molecular weight excluding hydrogens is 536 g/mol. The Morgan fingerprint density at radius 1 is 0.614 bits per heavy atom. The zero-order valence-electron chi connectivity index (χ0n) is 27.6. The van der Waals surface area contributed by atoms with E-state index in [9.17, 15) is 10.2 Å². The fourth-order valence-corrected chi connectivity index (χ4v) is 8.06. The first kappa shape index (κ1) is 30.3. The van der Waals surface area contributed by atoms with Crippen molar-refractivity contribution in [1.82, 2.24) is 0 Å². The predicted octanol–water partition coefficient (Wildman–Crippen LogP) is 10.6. The van der Waals surface area contributed by atoms with E-state index in [4.69, 9.17) is 0 Å². The Morgan fingerprint density at radius 2 is 1.25 bits per heavy atom. The van der Waals surface area contributed by atoms with E-state index in [1.807, 2.05) is 6.07 Å². The van der Waals surface area contributed by atoms with Crippen LogP contribution in [0.15, 0.2) is 78.9 Å². The number of phenolic OH excluding ortho intramolecular Hbond substituents is 2. The van der Waals surface area contributed by atoms with Crippen LogP contribution in [-0.4, -0.2) is 10.2 Å². The molecule has 44 heavy (non-hydrogen) atoms. The maximum Gasteiger partial charge on any atom is 0.123 e. The van der Waals surface area contributed by atoms with Gasteiger partial charge >= 0.3 is 0 Å². The molecule has 5 aromatic carbocycles. The van der Waals surface area contributed by atoms with Gasteiger partial charge in [-0.2, -0.15) is 0 Å². The number of aromatic hydroxyl groups is 2. The molecular formula is C42H48O2. The topological polar surface area (TPSA) is 40.5 Å². The molecule has 0 spiro atoms. The highest BCUT2D eigenvalue weighted by Crippen LogP contribution is 2.45. The smallest absolute Gasteiger partial charge is 0.123 e. The second kappa shape index (κ2) is 11.0. The van der Waals surface area contributed by atoms with Crippen molar-refractivity contribution in [3.8, 4) is 11.5 Å². The Kier molecular flexibility index (Phi) is 7.55. The SMILES string of the molecule is CC(C)(C)c1c(O)c(CC(C)(C)c2cc(CC(C)(C)c3c(O)ccc4c3CCCC4)cc3ccccc23)cc2ccccc12. The van der Waals surface area contributed by atoms with E-state index < -0.39 is 0 Å². The molecule has 0 atom stereocenters. The van der Waals surface area contributed by atoms with E-state index in [1.54, 1.807) is 0 Å². The van der Waals surface area contributed by atoms with Crippen LogP contribution in [0.1, 0.15) is 100 Å². The van der Waals surface area contributed by atoms with Crippen molar-refractivity contribution in [3.05, 3.63) is 118 Å². The highest BCUT2D eigenvalue weighted by Gasteiger charge is 2.32. The van der Waals surface area contributed by atoms with Crippen molar-refractivity contribution in [1.29, 1.82) is 0 Å². The van der Waals surface area contributed by atoms with Gasteiger partial charge in [-0.3, -0.25) is 0 Å². The zero-order chi connectivity index (χ0) is 31.4. The average molecular weight is 585 g/mol. The highest BCUT2D eigenvalue weighted by atomic mass is 16.3. The zero-order valence-corrected chi connectivity index (χ0v) is 27.6. The van der Waals surface area contributed by atoms with Crippen LogP contribution < -0.4 is 0 Å². The van der Waals surface area contributed by atoms with Crippen LogP contribution in [0.3, 0.4) is 0 Å². The third-order valence-electron chi connectivity index (χ3n) is 9.97. The van der Waals surface area contributed by atoms with Crippen molar-refractivity contribution < 1.29 is 10.2 Å². The Morgan fingerprint density at radius 3 is 1.95 bits per heavy atom. The van der Waals surface area contributed by atoms with Crippen molar-refractivity contribution in [2.24, 2.45) is 0 Å². The molecule has 2 nitrogen and oxygen atoms in total. The lowest BCUT2D eigenvalue weighted by Crippen LogP contribution is -2.26. The summed E-state index contributed by atoms with van der Waals surface area (Å²) < 4.78 is 0. The van der Waals surface area contributed by atoms with Gasteiger partial charge in [-0.25, -0.2) is 0 Å². The van der Waals surface area contributed by atoms with E-state index in [2.05, 4.69) is 121 Å². The molecule has 6 rings (SSSR count). The molecule has 2 heteroatoms. The molecule has 0 saturated heterocycles. The maximum atomic E-state index is 11.8. The van der Waals surface area contributed by atoms with Gasteiger partial charge in [0.2, 0.25) is 0 Å². The van der Waals surface area contributed by atoms with Crippen LogP contribution in [0.2, 0.25) is 0 Å². The molecule has 0 fully saturated rings. The van der Waals surface area contributed by atoms with Crippen LogP contribution in [0.4, 0.5) is 0 Å². The number of hydrogen-bond acceptors (Lipinski definition) is 2. The number of rotatable bonds is 6. The molecule has 0 heterocycles. The number of fused-ring (bicyclic) bond motifs is 3. The van der Waals surface area contributed by atoms with Crippen LogP contribution in [0.25, 0.3) is 21.5 Å². The Balaban J connectivity index is 1.44. The molecule has 0 radical (unpaired) electrons. The first-order valence-corrected chi connectivity index (χ1v) is 16.4. The van der Waals surface area contributed by atoms with E-state index in [1.165, 1.54) is 51.3 Å².